The third-order valence-corrected chi connectivity index (χ3v) is 14.9. The second-order valence-electron chi connectivity index (χ2n) is 11.0. The van der Waals surface area contributed by atoms with E-state index < -0.39 is 16.1 Å². The van der Waals surface area contributed by atoms with Crippen LogP contribution in [0.4, 0.5) is 5.69 Å². The van der Waals surface area contributed by atoms with Gasteiger partial charge in [0.2, 0.25) is 0 Å². The van der Waals surface area contributed by atoms with Gasteiger partial charge < -0.3 is 4.90 Å². The molecule has 5 aromatic rings. The predicted octanol–water partition coefficient (Wildman–Crippen LogP) is 9.67. The van der Waals surface area contributed by atoms with Crippen LogP contribution in [-0.4, -0.2) is 17.5 Å². The summed E-state index contributed by atoms with van der Waals surface area (Å²) in [6.07, 6.45) is 2.35. The van der Waals surface area contributed by atoms with Crippen molar-refractivity contribution in [1.82, 2.24) is 4.44 Å². The van der Waals surface area contributed by atoms with E-state index in [1.807, 2.05) is 0 Å². The molecule has 212 valence electrons. The number of rotatable bonds is 10. The van der Waals surface area contributed by atoms with Crippen molar-refractivity contribution in [2.24, 2.45) is 0 Å². The summed E-state index contributed by atoms with van der Waals surface area (Å²) in [6, 6.07) is 56.4. The third-order valence-electron chi connectivity index (χ3n) is 8.39. The molecule has 0 spiro atoms. The minimum Gasteiger partial charge on any atom is -0.356 e. The Morgan fingerprint density at radius 2 is 1.17 bits per heavy atom. The van der Waals surface area contributed by atoms with Crippen molar-refractivity contribution in [2.45, 2.75) is 37.6 Å². The molecule has 0 aliphatic carbocycles. The van der Waals surface area contributed by atoms with Crippen molar-refractivity contribution in [3.63, 3.8) is 0 Å². The highest BCUT2D eigenvalue weighted by Gasteiger charge is 2.56. The Hall–Kier alpha value is -3.28. The average molecular weight is 587 g/mol. The van der Waals surface area contributed by atoms with Crippen LogP contribution in [0.15, 0.2) is 152 Å². The highest BCUT2D eigenvalue weighted by atomic mass is 31.2. The van der Waals surface area contributed by atoms with Crippen LogP contribution in [0.25, 0.3) is 0 Å². The van der Waals surface area contributed by atoms with Crippen LogP contribution in [0.5, 0.6) is 0 Å². The molecule has 0 aromatic heterocycles. The highest BCUT2D eigenvalue weighted by molar-refractivity contribution is 7.80. The molecule has 3 atom stereocenters. The van der Waals surface area contributed by atoms with Crippen molar-refractivity contribution in [2.75, 3.05) is 18.0 Å². The van der Waals surface area contributed by atoms with Gasteiger partial charge in [0.05, 0.1) is 5.28 Å². The lowest BCUT2D eigenvalue weighted by molar-refractivity contribution is 0.597. The monoisotopic (exact) mass is 586 g/mol. The second kappa shape index (κ2) is 13.4. The molecule has 0 amide bonds. The van der Waals surface area contributed by atoms with Crippen LogP contribution < -0.4 is 15.5 Å². The van der Waals surface area contributed by atoms with Gasteiger partial charge in [-0.3, -0.25) is 0 Å². The second-order valence-corrected chi connectivity index (χ2v) is 16.2. The van der Waals surface area contributed by atoms with Gasteiger partial charge in [-0.2, -0.15) is 0 Å². The molecule has 1 saturated heterocycles. The van der Waals surface area contributed by atoms with Crippen molar-refractivity contribution in [1.29, 1.82) is 0 Å². The van der Waals surface area contributed by atoms with Crippen LogP contribution >= 0.6 is 16.1 Å². The van der Waals surface area contributed by atoms with Crippen LogP contribution in [0.3, 0.4) is 0 Å². The zero-order valence-corrected chi connectivity index (χ0v) is 26.4. The summed E-state index contributed by atoms with van der Waals surface area (Å²) in [4.78, 5) is 2.73. The molecule has 1 unspecified atom stereocenters. The van der Waals surface area contributed by atoms with E-state index in [4.69, 9.17) is 0 Å². The first-order valence-corrected chi connectivity index (χ1v) is 17.8. The lowest BCUT2D eigenvalue weighted by Gasteiger charge is -2.48. The SMILES string of the molecule is CCCCN(P(c1ccccc1)c1ccccc1)P1[C@H](c2ccccc2)CN(c2ccccc2)[C@@]1(C)c1ccccc1. The van der Waals surface area contributed by atoms with E-state index in [9.17, 15) is 0 Å². The molecule has 1 aliphatic rings. The summed E-state index contributed by atoms with van der Waals surface area (Å²) in [7, 11) is -1.50. The molecule has 1 aliphatic heterocycles. The van der Waals surface area contributed by atoms with Crippen molar-refractivity contribution in [3.8, 4) is 0 Å². The minimum absolute atomic E-state index is 0.198. The van der Waals surface area contributed by atoms with Gasteiger partial charge in [-0.25, -0.2) is 4.44 Å². The Morgan fingerprint density at radius 1 is 0.690 bits per heavy atom. The fraction of sp³-hybridized carbons (Fsp3) is 0.211. The van der Waals surface area contributed by atoms with Crippen molar-refractivity contribution < 1.29 is 0 Å². The average Bonchev–Trinajstić information content (AvgIpc) is 3.38. The molecule has 0 N–H and O–H groups in total. The number of nitrogens with zero attached hydrogens (tertiary/aromatic N) is 2. The van der Waals surface area contributed by atoms with Gasteiger partial charge in [0.1, 0.15) is 0 Å². The van der Waals surface area contributed by atoms with Crippen molar-refractivity contribution >= 4 is 32.4 Å². The van der Waals surface area contributed by atoms with Gasteiger partial charge in [-0.1, -0.05) is 153 Å². The molecule has 42 heavy (non-hydrogen) atoms. The van der Waals surface area contributed by atoms with Crippen LogP contribution in [-0.2, 0) is 5.28 Å². The van der Waals surface area contributed by atoms with Gasteiger partial charge in [-0.15, -0.1) is 0 Å². The number of para-hydroxylation sites is 1. The molecule has 0 saturated carbocycles. The summed E-state index contributed by atoms with van der Waals surface area (Å²) in [5.41, 5.74) is 4.53. The van der Waals surface area contributed by atoms with E-state index in [2.05, 4.69) is 175 Å². The number of hydrogen-bond acceptors (Lipinski definition) is 2. The molecule has 1 fully saturated rings. The maximum absolute atomic E-state index is 2.99. The summed E-state index contributed by atoms with van der Waals surface area (Å²) in [5.74, 6) is 0. The summed E-state index contributed by atoms with van der Waals surface area (Å²) >= 11 is 0. The van der Waals surface area contributed by atoms with Gasteiger partial charge in [0.15, 0.2) is 0 Å². The van der Waals surface area contributed by atoms with E-state index in [1.165, 1.54) is 40.3 Å². The third kappa shape index (κ3) is 5.69. The van der Waals surface area contributed by atoms with E-state index >= 15 is 0 Å². The molecule has 0 radical (unpaired) electrons. The maximum Gasteiger partial charge on any atom is 0.0964 e. The van der Waals surface area contributed by atoms with Crippen LogP contribution in [0.2, 0.25) is 0 Å². The van der Waals surface area contributed by atoms with E-state index in [0.29, 0.717) is 5.66 Å². The van der Waals surface area contributed by atoms with Crippen molar-refractivity contribution in [3.05, 3.63) is 163 Å². The van der Waals surface area contributed by atoms with Crippen LogP contribution in [0, 0.1) is 0 Å². The van der Waals surface area contributed by atoms with Crippen LogP contribution in [0.1, 0.15) is 43.5 Å². The maximum atomic E-state index is 2.99. The molecule has 1 heterocycles. The molecule has 4 heteroatoms. The quantitative estimate of drug-likeness (QED) is 0.150. The Kier molecular flexibility index (Phi) is 9.16. The Morgan fingerprint density at radius 3 is 1.69 bits per heavy atom. The number of unbranched alkanes of at least 4 members (excludes halogenated alkanes) is 1. The Balaban J connectivity index is 1.62. The van der Waals surface area contributed by atoms with Gasteiger partial charge >= 0.3 is 0 Å². The zero-order valence-electron chi connectivity index (χ0n) is 24.6. The first-order chi connectivity index (χ1) is 20.7. The number of anilines is 1. The Bertz CT molecular complexity index is 1480. The number of hydrogen-bond donors (Lipinski definition) is 0. The molecule has 6 rings (SSSR count). The molecular formula is C38H40N2P2. The van der Waals surface area contributed by atoms with Gasteiger partial charge in [0.25, 0.3) is 0 Å². The fourth-order valence-electron chi connectivity index (χ4n) is 6.33. The summed E-state index contributed by atoms with van der Waals surface area (Å²) in [6.45, 7) is 6.92. The van der Waals surface area contributed by atoms with Gasteiger partial charge in [0, 0.05) is 40.6 Å². The Labute approximate surface area is 254 Å². The number of benzene rings is 5. The topological polar surface area (TPSA) is 6.48 Å². The fourth-order valence-corrected chi connectivity index (χ4v) is 14.1. The molecular weight excluding hydrogens is 546 g/mol. The molecule has 2 nitrogen and oxygen atoms in total. The lowest BCUT2D eigenvalue weighted by Crippen LogP contribution is -2.40. The standard InChI is InChI=1S/C38H40N2P2/c1-3-4-30-40(41(35-26-16-8-17-27-35)36-28-18-9-19-29-36)42-37(32-20-10-5-11-21-32)31-39(34-24-14-7-15-25-34)38(42,2)33-22-12-6-13-23-33/h5-29,37H,3-4,30-31H2,1-2H3/t37-,38+,42?/m0/s1. The van der Waals surface area contributed by atoms with E-state index in [1.54, 1.807) is 0 Å². The lowest BCUT2D eigenvalue weighted by atomic mass is 10.0. The summed E-state index contributed by atoms with van der Waals surface area (Å²) in [5, 5.41) is 2.66. The van der Waals surface area contributed by atoms with E-state index in [-0.39, 0.29) is 5.28 Å². The first-order valence-electron chi connectivity index (χ1n) is 15.1. The normalized spacial score (nSPS) is 20.3. The largest absolute Gasteiger partial charge is 0.356 e. The zero-order chi connectivity index (χ0) is 28.8. The van der Waals surface area contributed by atoms with E-state index in [0.717, 1.165) is 13.1 Å². The first kappa shape index (κ1) is 28.8. The highest BCUT2D eigenvalue weighted by Crippen LogP contribution is 2.77. The summed E-state index contributed by atoms with van der Waals surface area (Å²) < 4.78 is 2.99. The smallest absolute Gasteiger partial charge is 0.0964 e. The predicted molar refractivity (Wildman–Crippen MR) is 184 cm³/mol. The van der Waals surface area contributed by atoms with Gasteiger partial charge in [-0.05, 0) is 47.2 Å². The minimum atomic E-state index is -0.755. The molecule has 5 aromatic carbocycles. The molecule has 0 bridgehead atoms.